The minimum atomic E-state index is -0.280. The molecule has 0 atom stereocenters. The number of ketones is 1. The van der Waals surface area contributed by atoms with Crippen molar-refractivity contribution in [2.75, 3.05) is 0 Å². The molecule has 0 saturated heterocycles. The Labute approximate surface area is 123 Å². The van der Waals surface area contributed by atoms with Gasteiger partial charge in [0.05, 0.1) is 5.69 Å². The molecule has 4 rings (SSSR count). The number of rotatable bonds is 0. The smallest absolute Gasteiger partial charge is 0.194 e. The van der Waals surface area contributed by atoms with E-state index < -0.39 is 0 Å². The van der Waals surface area contributed by atoms with Gasteiger partial charge in [0.25, 0.3) is 0 Å². The zero-order valence-electron chi connectivity index (χ0n) is 12.0. The predicted molar refractivity (Wildman–Crippen MR) is 80.3 cm³/mol. The number of benzene rings is 1. The number of carbonyl (C=O) groups is 1. The molecule has 2 aromatic rings. The lowest BCUT2D eigenvalue weighted by atomic mass is 9.68. The number of allylic oxidation sites excluding steroid dienone is 2. The van der Waals surface area contributed by atoms with E-state index in [0.29, 0.717) is 12.0 Å². The summed E-state index contributed by atoms with van der Waals surface area (Å²) in [5.74, 6) is 0.249. The van der Waals surface area contributed by atoms with Crippen LogP contribution in [0.2, 0.25) is 0 Å². The fourth-order valence-corrected chi connectivity index (χ4v) is 3.56. The van der Waals surface area contributed by atoms with Gasteiger partial charge in [-0.3, -0.25) is 9.78 Å². The van der Waals surface area contributed by atoms with E-state index in [9.17, 15) is 9.90 Å². The molecule has 0 unspecified atom stereocenters. The quantitative estimate of drug-likeness (QED) is 0.804. The number of hydrogen-bond acceptors (Lipinski definition) is 3. The van der Waals surface area contributed by atoms with Crippen LogP contribution in [0, 0.1) is 0 Å². The van der Waals surface area contributed by atoms with Gasteiger partial charge < -0.3 is 5.11 Å². The maximum Gasteiger partial charge on any atom is 0.194 e. The average Bonchev–Trinajstić information content (AvgIpc) is 2.86. The van der Waals surface area contributed by atoms with Crippen LogP contribution in [0.4, 0.5) is 0 Å². The normalized spacial score (nSPS) is 18.3. The predicted octanol–water partition coefficient (Wildman–Crippen LogP) is 3.27. The van der Waals surface area contributed by atoms with Gasteiger partial charge in [0.2, 0.25) is 0 Å². The molecule has 3 nitrogen and oxygen atoms in total. The molecule has 1 heterocycles. The number of pyridine rings is 1. The summed E-state index contributed by atoms with van der Waals surface area (Å²) >= 11 is 0. The van der Waals surface area contributed by atoms with Crippen LogP contribution >= 0.6 is 0 Å². The van der Waals surface area contributed by atoms with Gasteiger partial charge in [0.15, 0.2) is 5.78 Å². The van der Waals surface area contributed by atoms with Gasteiger partial charge in [-0.25, -0.2) is 0 Å². The first-order valence-corrected chi connectivity index (χ1v) is 7.06. The molecular weight excluding hydrogens is 262 g/mol. The van der Waals surface area contributed by atoms with Crippen LogP contribution in [0.15, 0.2) is 42.1 Å². The molecule has 0 saturated carbocycles. The van der Waals surface area contributed by atoms with Crippen LogP contribution in [-0.4, -0.2) is 15.9 Å². The van der Waals surface area contributed by atoms with E-state index in [1.807, 2.05) is 12.1 Å². The molecule has 0 spiro atoms. The van der Waals surface area contributed by atoms with Crippen molar-refractivity contribution < 1.29 is 9.90 Å². The Hall–Kier alpha value is -2.42. The third-order valence-corrected chi connectivity index (χ3v) is 4.71. The Bertz CT molecular complexity index is 831. The Morgan fingerprint density at radius 1 is 1.19 bits per heavy atom. The molecule has 3 heteroatoms. The zero-order chi connectivity index (χ0) is 14.8. The number of fused-ring (bicyclic) bond motifs is 3. The van der Waals surface area contributed by atoms with E-state index in [4.69, 9.17) is 0 Å². The maximum absolute atomic E-state index is 12.9. The summed E-state index contributed by atoms with van der Waals surface area (Å²) < 4.78 is 0. The van der Waals surface area contributed by atoms with Gasteiger partial charge in [-0.1, -0.05) is 19.9 Å². The van der Waals surface area contributed by atoms with Crippen molar-refractivity contribution in [2.24, 2.45) is 0 Å². The summed E-state index contributed by atoms with van der Waals surface area (Å²) in [6.45, 7) is 4.22. The maximum atomic E-state index is 12.9. The molecule has 2 aliphatic carbocycles. The van der Waals surface area contributed by atoms with E-state index >= 15 is 0 Å². The van der Waals surface area contributed by atoms with Crippen molar-refractivity contribution in [3.8, 4) is 5.75 Å². The van der Waals surface area contributed by atoms with Gasteiger partial charge in [-0.2, -0.15) is 0 Å². The Morgan fingerprint density at radius 3 is 2.81 bits per heavy atom. The van der Waals surface area contributed by atoms with Crippen molar-refractivity contribution >= 4 is 11.4 Å². The fraction of sp³-hybridized carbons (Fsp3) is 0.222. The highest BCUT2D eigenvalue weighted by Gasteiger charge is 2.43. The molecule has 2 aliphatic rings. The summed E-state index contributed by atoms with van der Waals surface area (Å²) in [7, 11) is 0. The summed E-state index contributed by atoms with van der Waals surface area (Å²) in [5, 5.41) is 9.78. The van der Waals surface area contributed by atoms with E-state index in [1.54, 1.807) is 24.4 Å². The molecule has 0 bridgehead atoms. The summed E-state index contributed by atoms with van der Waals surface area (Å²) in [6, 6.07) is 8.88. The van der Waals surface area contributed by atoms with Crippen LogP contribution in [0.1, 0.15) is 41.0 Å². The lowest BCUT2D eigenvalue weighted by Crippen LogP contribution is -2.29. The summed E-state index contributed by atoms with van der Waals surface area (Å²) in [6.07, 6.45) is 2.48. The van der Waals surface area contributed by atoms with Gasteiger partial charge in [-0.05, 0) is 35.4 Å². The molecule has 1 aromatic carbocycles. The van der Waals surface area contributed by atoms with Crippen molar-refractivity contribution in [3.05, 3.63) is 64.5 Å². The number of nitrogens with zero attached hydrogens (tertiary/aromatic N) is 1. The van der Waals surface area contributed by atoms with E-state index in [0.717, 1.165) is 28.0 Å². The van der Waals surface area contributed by atoms with Crippen LogP contribution < -0.4 is 0 Å². The van der Waals surface area contributed by atoms with Crippen molar-refractivity contribution in [3.63, 3.8) is 0 Å². The highest BCUT2D eigenvalue weighted by atomic mass is 16.3. The second-order valence-electron chi connectivity index (χ2n) is 6.21. The fourth-order valence-electron chi connectivity index (χ4n) is 3.56. The van der Waals surface area contributed by atoms with Gasteiger partial charge in [0, 0.05) is 34.7 Å². The van der Waals surface area contributed by atoms with Gasteiger partial charge in [-0.15, -0.1) is 0 Å². The molecule has 0 radical (unpaired) electrons. The Kier molecular flexibility index (Phi) is 2.24. The molecule has 0 aliphatic heterocycles. The number of carbonyl (C=O) groups excluding carboxylic acids is 1. The van der Waals surface area contributed by atoms with E-state index in [1.165, 1.54) is 0 Å². The molecule has 0 fully saturated rings. The number of phenols is 1. The molecule has 104 valence electrons. The average molecular weight is 277 g/mol. The van der Waals surface area contributed by atoms with Crippen LogP contribution in [0.3, 0.4) is 0 Å². The molecule has 1 aromatic heterocycles. The van der Waals surface area contributed by atoms with E-state index in [-0.39, 0.29) is 16.9 Å². The minimum Gasteiger partial charge on any atom is -0.508 e. The summed E-state index contributed by atoms with van der Waals surface area (Å²) in [5.41, 5.74) is 5.16. The lowest BCUT2D eigenvalue weighted by Gasteiger charge is -2.34. The number of aromatic nitrogens is 1. The first kappa shape index (κ1) is 12.3. The van der Waals surface area contributed by atoms with Crippen molar-refractivity contribution in [1.82, 2.24) is 4.98 Å². The SMILES string of the molecule is CC1(C)C2=C(C(=O)c3ccc(O)cc31)c1cccnc1C2. The van der Waals surface area contributed by atoms with E-state index in [2.05, 4.69) is 18.8 Å². The second-order valence-corrected chi connectivity index (χ2v) is 6.21. The number of aromatic hydroxyl groups is 1. The highest BCUT2D eigenvalue weighted by molar-refractivity contribution is 6.32. The topological polar surface area (TPSA) is 50.2 Å². The van der Waals surface area contributed by atoms with Crippen molar-refractivity contribution in [1.29, 1.82) is 0 Å². The first-order chi connectivity index (χ1) is 10.00. The highest BCUT2D eigenvalue weighted by Crippen LogP contribution is 2.49. The third-order valence-electron chi connectivity index (χ3n) is 4.71. The Balaban J connectivity index is 2.02. The molecule has 1 N–H and O–H groups in total. The largest absolute Gasteiger partial charge is 0.508 e. The van der Waals surface area contributed by atoms with Crippen LogP contribution in [-0.2, 0) is 11.8 Å². The number of phenolic OH excluding ortho intramolecular Hbond substituents is 1. The lowest BCUT2D eigenvalue weighted by molar-refractivity contribution is 0.105. The summed E-state index contributed by atoms with van der Waals surface area (Å²) in [4.78, 5) is 17.3. The monoisotopic (exact) mass is 277 g/mol. The standard InChI is InChI=1S/C18H15NO2/c1-18(2)13-8-10(20)5-6-11(13)17(21)16-12-4-3-7-19-15(12)9-14(16)18/h3-8,20H,9H2,1-2H3. The first-order valence-electron chi connectivity index (χ1n) is 7.06. The second kappa shape index (κ2) is 3.82. The molecule has 0 amide bonds. The van der Waals surface area contributed by atoms with Gasteiger partial charge in [0.1, 0.15) is 5.75 Å². The zero-order valence-corrected chi connectivity index (χ0v) is 12.0. The molecule has 21 heavy (non-hydrogen) atoms. The number of hydrogen-bond donors (Lipinski definition) is 1. The Morgan fingerprint density at radius 2 is 2.00 bits per heavy atom. The number of Topliss-reactive ketones (excluding diaryl/α,β-unsaturated/α-hetero) is 1. The van der Waals surface area contributed by atoms with Crippen LogP contribution in [0.25, 0.3) is 5.57 Å². The van der Waals surface area contributed by atoms with Gasteiger partial charge >= 0.3 is 0 Å². The van der Waals surface area contributed by atoms with Crippen molar-refractivity contribution in [2.45, 2.75) is 25.7 Å². The third kappa shape index (κ3) is 1.49. The minimum absolute atomic E-state index is 0.0473. The van der Waals surface area contributed by atoms with Crippen LogP contribution in [0.5, 0.6) is 5.75 Å². The molecular formula is C18H15NO2.